The van der Waals surface area contributed by atoms with E-state index in [9.17, 15) is 23.1 Å². The number of nitrogens with zero attached hydrogens (tertiary/aromatic N) is 4. The molecule has 10 nitrogen and oxygen atoms in total. The Labute approximate surface area is 181 Å². The molecule has 2 aromatic rings. The summed E-state index contributed by atoms with van der Waals surface area (Å²) in [7, 11) is -2.46. The summed E-state index contributed by atoms with van der Waals surface area (Å²) in [5.74, 6) is 0.0964. The average molecular weight is 452 g/mol. The smallest absolute Gasteiger partial charge is 0.422 e. The minimum absolute atomic E-state index is 0.0964. The van der Waals surface area contributed by atoms with E-state index in [2.05, 4.69) is 14.6 Å². The highest BCUT2D eigenvalue weighted by atomic mass is 32.2. The molecule has 1 fully saturated rings. The van der Waals surface area contributed by atoms with Gasteiger partial charge in [-0.1, -0.05) is 0 Å². The van der Waals surface area contributed by atoms with Gasteiger partial charge in [-0.15, -0.1) is 0 Å². The van der Waals surface area contributed by atoms with E-state index >= 15 is 0 Å². The molecule has 1 saturated heterocycles. The third-order valence-corrected chi connectivity index (χ3v) is 7.24. The van der Waals surface area contributed by atoms with Gasteiger partial charge in [-0.05, 0) is 51.7 Å². The van der Waals surface area contributed by atoms with Crippen LogP contribution in [0.1, 0.15) is 33.6 Å². The van der Waals surface area contributed by atoms with Gasteiger partial charge < -0.3 is 10.0 Å². The number of carbonyl (C=O) groups is 1. The van der Waals surface area contributed by atoms with Crippen molar-refractivity contribution in [1.29, 1.82) is 0 Å². The van der Waals surface area contributed by atoms with E-state index < -0.39 is 21.8 Å². The van der Waals surface area contributed by atoms with E-state index in [1.54, 1.807) is 19.3 Å². The molecule has 1 amide bonds. The Morgan fingerprint density at radius 2 is 1.90 bits per heavy atom. The fraction of sp³-hybridized carbons (Fsp3) is 0.550. The highest BCUT2D eigenvalue weighted by Gasteiger charge is 2.37. The first-order valence-corrected chi connectivity index (χ1v) is 11.6. The molecule has 0 bridgehead atoms. The van der Waals surface area contributed by atoms with Crippen molar-refractivity contribution in [2.24, 2.45) is 13.0 Å². The van der Waals surface area contributed by atoms with Gasteiger partial charge >= 0.3 is 16.3 Å². The van der Waals surface area contributed by atoms with E-state index in [1.165, 1.54) is 31.4 Å². The number of aromatic nitrogens is 2. The number of hydrogen-bond acceptors (Lipinski definition) is 6. The summed E-state index contributed by atoms with van der Waals surface area (Å²) >= 11 is 0. The quantitative estimate of drug-likeness (QED) is 0.710. The Morgan fingerprint density at radius 1 is 1.26 bits per heavy atom. The molecule has 0 aliphatic carbocycles. The zero-order valence-electron chi connectivity index (χ0n) is 18.2. The van der Waals surface area contributed by atoms with E-state index in [1.807, 2.05) is 6.07 Å². The maximum Gasteiger partial charge on any atom is 0.422 e. The molecule has 0 atom stereocenters. The van der Waals surface area contributed by atoms with Crippen molar-refractivity contribution in [2.75, 3.05) is 24.5 Å². The van der Waals surface area contributed by atoms with E-state index in [4.69, 9.17) is 0 Å². The van der Waals surface area contributed by atoms with Gasteiger partial charge in [-0.25, -0.2) is 9.78 Å². The van der Waals surface area contributed by atoms with Crippen LogP contribution in [0.3, 0.4) is 0 Å². The Morgan fingerprint density at radius 3 is 2.48 bits per heavy atom. The molecule has 0 spiro atoms. The summed E-state index contributed by atoms with van der Waals surface area (Å²) in [4.78, 5) is 29.9. The lowest BCUT2D eigenvalue weighted by Gasteiger charge is -2.35. The monoisotopic (exact) mass is 451 g/mol. The van der Waals surface area contributed by atoms with Crippen LogP contribution in [-0.4, -0.2) is 58.6 Å². The van der Waals surface area contributed by atoms with Crippen LogP contribution in [-0.2, 0) is 17.3 Å². The van der Waals surface area contributed by atoms with Crippen molar-refractivity contribution >= 4 is 33.0 Å². The summed E-state index contributed by atoms with van der Waals surface area (Å²) in [5.41, 5.74) is 0.415. The molecule has 1 aliphatic heterocycles. The van der Waals surface area contributed by atoms with E-state index in [0.717, 1.165) is 37.0 Å². The van der Waals surface area contributed by atoms with E-state index in [-0.39, 0.29) is 18.0 Å². The number of pyridine rings is 2. The van der Waals surface area contributed by atoms with Crippen molar-refractivity contribution in [2.45, 2.75) is 39.2 Å². The summed E-state index contributed by atoms with van der Waals surface area (Å²) in [6.07, 6.45) is 1.68. The van der Waals surface area contributed by atoms with Crippen LogP contribution in [0.15, 0.2) is 29.2 Å². The number of carboxylic acid groups (broad SMARTS) is 1. The Hall–Kier alpha value is -2.66. The molecule has 2 N–H and O–H groups in total. The maximum absolute atomic E-state index is 12.5. The second kappa shape index (κ2) is 8.46. The molecule has 0 aromatic carbocycles. The average Bonchev–Trinajstić information content (AvgIpc) is 2.67. The van der Waals surface area contributed by atoms with Crippen LogP contribution < -0.4 is 15.2 Å². The Balaban J connectivity index is 1.67. The number of anilines is 1. The molecule has 1 aliphatic rings. The summed E-state index contributed by atoms with van der Waals surface area (Å²) < 4.78 is 29.5. The summed E-state index contributed by atoms with van der Waals surface area (Å²) in [6.45, 7) is 6.23. The first-order chi connectivity index (χ1) is 14.4. The predicted molar refractivity (Wildman–Crippen MR) is 118 cm³/mol. The number of amides is 1. The number of hydrogen-bond donors (Lipinski definition) is 2. The fourth-order valence-electron chi connectivity index (χ4n) is 3.94. The topological polar surface area (TPSA) is 125 Å². The number of fused-ring (bicyclic) bond motifs is 1. The molecular weight excluding hydrogens is 422 g/mol. The van der Waals surface area contributed by atoms with Gasteiger partial charge in [-0.3, -0.25) is 9.36 Å². The molecule has 11 heteroatoms. The van der Waals surface area contributed by atoms with Gasteiger partial charge in [0.25, 0.3) is 5.56 Å². The van der Waals surface area contributed by atoms with Crippen LogP contribution in [0.2, 0.25) is 0 Å². The Bertz CT molecular complexity index is 1130. The molecule has 170 valence electrons. The van der Waals surface area contributed by atoms with Crippen LogP contribution in [0.25, 0.3) is 11.0 Å². The first-order valence-electron chi connectivity index (χ1n) is 10.1. The molecule has 2 aromatic heterocycles. The van der Waals surface area contributed by atoms with Crippen molar-refractivity contribution in [3.05, 3.63) is 34.7 Å². The lowest BCUT2D eigenvalue weighted by atomic mass is 9.96. The lowest BCUT2D eigenvalue weighted by molar-refractivity contribution is 0.145. The number of rotatable bonds is 5. The summed E-state index contributed by atoms with van der Waals surface area (Å²) in [5, 5.41) is 10.2. The molecule has 0 unspecified atom stereocenters. The fourth-order valence-corrected chi connectivity index (χ4v) is 5.44. The molecule has 31 heavy (non-hydrogen) atoms. The van der Waals surface area contributed by atoms with Crippen molar-refractivity contribution < 1.29 is 18.3 Å². The second-order valence-electron chi connectivity index (χ2n) is 8.80. The zero-order chi connectivity index (χ0) is 23.0. The van der Waals surface area contributed by atoms with Crippen LogP contribution in [0.5, 0.6) is 0 Å². The molecule has 3 heterocycles. The van der Waals surface area contributed by atoms with Crippen molar-refractivity contribution in [3.63, 3.8) is 0 Å². The van der Waals surface area contributed by atoms with Gasteiger partial charge in [-0.2, -0.15) is 17.4 Å². The molecule has 3 rings (SSSR count). The minimum Gasteiger partial charge on any atom is -0.464 e. The van der Waals surface area contributed by atoms with Gasteiger partial charge in [0, 0.05) is 50.0 Å². The standard InChI is InChI=1S/C20H29N5O5S/c1-20(2,3)25(19(27)28)31(29,30)22-13-14-8-11-24(12-9-14)16-7-10-21-18-15(16)5-6-17(26)23(18)4/h5-7,10,14,22H,8-9,11-13H2,1-4H3,(H,27,28). The predicted octanol–water partition coefficient (Wildman–Crippen LogP) is 1.76. The van der Waals surface area contributed by atoms with E-state index in [0.29, 0.717) is 9.95 Å². The van der Waals surface area contributed by atoms with Gasteiger partial charge in [0.05, 0.1) is 5.54 Å². The highest BCUT2D eigenvalue weighted by molar-refractivity contribution is 7.87. The van der Waals surface area contributed by atoms with Crippen LogP contribution in [0.4, 0.5) is 10.5 Å². The maximum atomic E-state index is 12.5. The van der Waals surface area contributed by atoms with Gasteiger partial charge in [0.1, 0.15) is 5.65 Å². The van der Waals surface area contributed by atoms with Gasteiger partial charge in [0.15, 0.2) is 0 Å². The first kappa shape index (κ1) is 23.0. The largest absolute Gasteiger partial charge is 0.464 e. The number of aryl methyl sites for hydroxylation is 1. The molecule has 0 saturated carbocycles. The summed E-state index contributed by atoms with van der Waals surface area (Å²) in [6, 6.07) is 5.23. The lowest BCUT2D eigenvalue weighted by Crippen LogP contribution is -2.54. The Kier molecular flexibility index (Phi) is 6.28. The highest BCUT2D eigenvalue weighted by Crippen LogP contribution is 2.28. The van der Waals surface area contributed by atoms with Crippen molar-refractivity contribution in [3.8, 4) is 0 Å². The molecular formula is C20H29N5O5S. The number of piperidine rings is 1. The van der Waals surface area contributed by atoms with Crippen molar-refractivity contribution in [1.82, 2.24) is 18.6 Å². The SMILES string of the molecule is Cn1c(=O)ccc2c(N3CCC(CNS(=O)(=O)N(C(=O)O)C(C)(C)C)CC3)ccnc21. The second-order valence-corrected chi connectivity index (χ2v) is 10.4. The molecule has 0 radical (unpaired) electrons. The third-order valence-electron chi connectivity index (χ3n) is 5.52. The normalized spacial score (nSPS) is 15.9. The van der Waals surface area contributed by atoms with Crippen LogP contribution >= 0.6 is 0 Å². The minimum atomic E-state index is -4.15. The van der Waals surface area contributed by atoms with Gasteiger partial charge in [0.2, 0.25) is 0 Å². The van der Waals surface area contributed by atoms with Crippen LogP contribution in [0, 0.1) is 5.92 Å². The third kappa shape index (κ3) is 4.82. The zero-order valence-corrected chi connectivity index (χ0v) is 19.0. The number of nitrogens with one attached hydrogen (secondary N) is 1.